The monoisotopic (exact) mass is 586 g/mol. The van der Waals surface area contributed by atoms with E-state index < -0.39 is 38.1 Å². The van der Waals surface area contributed by atoms with Crippen molar-refractivity contribution >= 4 is 38.1 Å². The number of aromatic nitrogens is 3. The van der Waals surface area contributed by atoms with Gasteiger partial charge in [0.25, 0.3) is 10.0 Å². The lowest BCUT2D eigenvalue weighted by molar-refractivity contribution is 0.521. The highest BCUT2D eigenvalue weighted by molar-refractivity contribution is 7.92. The van der Waals surface area contributed by atoms with Crippen molar-refractivity contribution in [2.45, 2.75) is 43.0 Å². The molecule has 6 rings (SSSR count). The normalized spacial score (nSPS) is 15.7. The standard InChI is InChI=1S/C27H25F3N6O2S2/c28-18-7-5-8-19(29)25(18)40(37,38)35-20-9-4-6-17(22(20)30)23-24(39-27(34-23)36-14-2-1-3-15-36)21-12-13-31-26(33-21)32-16-10-11-16/h4-9,12-13,16,35H,1-3,10-11,14-15H2,(H,31,32,33). The van der Waals surface area contributed by atoms with Crippen LogP contribution in [0.25, 0.3) is 21.8 Å². The van der Waals surface area contributed by atoms with Gasteiger partial charge in [-0.2, -0.15) is 0 Å². The maximum absolute atomic E-state index is 16.0. The highest BCUT2D eigenvalue weighted by Gasteiger charge is 2.28. The van der Waals surface area contributed by atoms with Crippen LogP contribution in [0.1, 0.15) is 32.1 Å². The molecule has 4 aromatic rings. The number of thiazole rings is 1. The largest absolute Gasteiger partial charge is 0.351 e. The average Bonchev–Trinajstić information content (AvgIpc) is 3.64. The molecule has 13 heteroatoms. The fraction of sp³-hybridized carbons (Fsp3) is 0.296. The van der Waals surface area contributed by atoms with Crippen LogP contribution in [0, 0.1) is 17.5 Å². The first-order valence-corrected chi connectivity index (χ1v) is 15.2. The Hall–Kier alpha value is -3.71. The number of hydrogen-bond acceptors (Lipinski definition) is 8. The van der Waals surface area contributed by atoms with Crippen molar-refractivity contribution < 1.29 is 21.6 Å². The lowest BCUT2D eigenvalue weighted by Crippen LogP contribution is -2.29. The zero-order valence-corrected chi connectivity index (χ0v) is 22.8. The summed E-state index contributed by atoms with van der Waals surface area (Å²) in [6, 6.07) is 8.88. The van der Waals surface area contributed by atoms with E-state index in [0.717, 1.165) is 63.4 Å². The van der Waals surface area contributed by atoms with Gasteiger partial charge in [0.1, 0.15) is 11.6 Å². The van der Waals surface area contributed by atoms with Crippen molar-refractivity contribution in [1.29, 1.82) is 0 Å². The van der Waals surface area contributed by atoms with Crippen LogP contribution >= 0.6 is 11.3 Å². The van der Waals surface area contributed by atoms with E-state index in [2.05, 4.69) is 20.2 Å². The molecule has 0 unspecified atom stereocenters. The molecular weight excluding hydrogens is 561 g/mol. The van der Waals surface area contributed by atoms with Gasteiger partial charge in [-0.15, -0.1) is 0 Å². The summed E-state index contributed by atoms with van der Waals surface area (Å²) in [6.07, 6.45) is 6.88. The molecule has 2 fully saturated rings. The van der Waals surface area contributed by atoms with Crippen molar-refractivity contribution in [3.8, 4) is 21.8 Å². The Labute approximate surface area is 233 Å². The molecule has 1 aliphatic carbocycles. The summed E-state index contributed by atoms with van der Waals surface area (Å²) in [7, 11) is -4.78. The second-order valence-electron chi connectivity index (χ2n) is 9.73. The first kappa shape index (κ1) is 26.5. The molecule has 2 aliphatic rings. The smallest absolute Gasteiger partial charge is 0.267 e. The van der Waals surface area contributed by atoms with Crippen LogP contribution < -0.4 is 14.9 Å². The third-order valence-corrected chi connectivity index (χ3v) is 9.28. The lowest BCUT2D eigenvalue weighted by Gasteiger charge is -2.25. The lowest BCUT2D eigenvalue weighted by atomic mass is 10.1. The summed E-state index contributed by atoms with van der Waals surface area (Å²) in [6.45, 7) is 1.64. The summed E-state index contributed by atoms with van der Waals surface area (Å²) in [5.74, 6) is -3.02. The van der Waals surface area contributed by atoms with E-state index in [0.29, 0.717) is 27.7 Å². The number of halogens is 3. The number of sulfonamides is 1. The molecule has 0 bridgehead atoms. The molecule has 8 nitrogen and oxygen atoms in total. The van der Waals surface area contributed by atoms with Crippen LogP contribution in [0.5, 0.6) is 0 Å². The molecule has 1 aliphatic heterocycles. The molecule has 1 saturated carbocycles. The molecule has 208 valence electrons. The van der Waals surface area contributed by atoms with Gasteiger partial charge >= 0.3 is 0 Å². The number of hydrogen-bond donors (Lipinski definition) is 2. The Balaban J connectivity index is 1.42. The second kappa shape index (κ2) is 10.7. The van der Waals surface area contributed by atoms with Gasteiger partial charge in [0.2, 0.25) is 5.95 Å². The molecule has 2 N–H and O–H groups in total. The molecule has 0 radical (unpaired) electrons. The van der Waals surface area contributed by atoms with Crippen LogP contribution in [0.2, 0.25) is 0 Å². The topological polar surface area (TPSA) is 100 Å². The van der Waals surface area contributed by atoms with Crippen LogP contribution in [0.4, 0.5) is 29.9 Å². The van der Waals surface area contributed by atoms with Gasteiger partial charge in [0.15, 0.2) is 15.8 Å². The predicted molar refractivity (Wildman–Crippen MR) is 148 cm³/mol. The highest BCUT2D eigenvalue weighted by atomic mass is 32.2. The number of benzene rings is 2. The van der Waals surface area contributed by atoms with Crippen LogP contribution in [0.3, 0.4) is 0 Å². The minimum atomic E-state index is -4.78. The molecule has 0 amide bonds. The molecule has 1 saturated heterocycles. The van der Waals surface area contributed by atoms with E-state index in [9.17, 15) is 17.2 Å². The van der Waals surface area contributed by atoms with Crippen LogP contribution in [-0.2, 0) is 10.0 Å². The van der Waals surface area contributed by atoms with Gasteiger partial charge in [-0.05, 0) is 62.4 Å². The minimum Gasteiger partial charge on any atom is -0.351 e. The van der Waals surface area contributed by atoms with E-state index in [1.165, 1.54) is 29.5 Å². The maximum atomic E-state index is 16.0. The van der Waals surface area contributed by atoms with E-state index in [1.54, 1.807) is 12.3 Å². The fourth-order valence-electron chi connectivity index (χ4n) is 4.58. The molecule has 40 heavy (non-hydrogen) atoms. The van der Waals surface area contributed by atoms with Gasteiger partial charge in [-0.25, -0.2) is 36.5 Å². The minimum absolute atomic E-state index is 0.0269. The number of rotatable bonds is 8. The predicted octanol–water partition coefficient (Wildman–Crippen LogP) is 6.05. The first-order valence-electron chi connectivity index (χ1n) is 12.9. The summed E-state index contributed by atoms with van der Waals surface area (Å²) in [5, 5.41) is 3.97. The zero-order valence-electron chi connectivity index (χ0n) is 21.2. The van der Waals surface area contributed by atoms with E-state index in [4.69, 9.17) is 4.98 Å². The molecule has 2 aromatic heterocycles. The highest BCUT2D eigenvalue weighted by Crippen LogP contribution is 2.42. The summed E-state index contributed by atoms with van der Waals surface area (Å²) < 4.78 is 72.2. The van der Waals surface area contributed by atoms with Crippen LogP contribution in [-0.4, -0.2) is 42.5 Å². The Morgan fingerprint density at radius 2 is 1.65 bits per heavy atom. The van der Waals surface area contributed by atoms with E-state index in [-0.39, 0.29) is 11.3 Å². The Morgan fingerprint density at radius 1 is 0.925 bits per heavy atom. The number of nitrogens with one attached hydrogen (secondary N) is 2. The first-order chi connectivity index (χ1) is 19.3. The van der Waals surface area contributed by atoms with Crippen molar-refractivity contribution in [3.63, 3.8) is 0 Å². The van der Waals surface area contributed by atoms with Crippen LogP contribution in [0.15, 0.2) is 53.6 Å². The molecular formula is C27H25F3N6O2S2. The van der Waals surface area contributed by atoms with Gasteiger partial charge in [-0.3, -0.25) is 4.72 Å². The number of piperidine rings is 1. The van der Waals surface area contributed by atoms with Crippen molar-refractivity contribution in [1.82, 2.24) is 15.0 Å². The van der Waals surface area contributed by atoms with Gasteiger partial charge in [0.05, 0.1) is 22.0 Å². The Kier molecular flexibility index (Phi) is 7.09. The summed E-state index contributed by atoms with van der Waals surface area (Å²) in [5.41, 5.74) is 0.404. The second-order valence-corrected chi connectivity index (χ2v) is 12.3. The van der Waals surface area contributed by atoms with Gasteiger partial charge < -0.3 is 10.2 Å². The third-order valence-electron chi connectivity index (χ3n) is 6.73. The summed E-state index contributed by atoms with van der Waals surface area (Å²) >= 11 is 1.38. The molecule has 0 spiro atoms. The van der Waals surface area contributed by atoms with Gasteiger partial charge in [-0.1, -0.05) is 23.5 Å². The maximum Gasteiger partial charge on any atom is 0.267 e. The Bertz CT molecular complexity index is 1650. The van der Waals surface area contributed by atoms with E-state index >= 15 is 4.39 Å². The quantitative estimate of drug-likeness (QED) is 0.259. The molecule has 3 heterocycles. The van der Waals surface area contributed by atoms with Gasteiger partial charge in [0, 0.05) is 30.9 Å². The van der Waals surface area contributed by atoms with Crippen molar-refractivity contribution in [2.24, 2.45) is 0 Å². The molecule has 0 atom stereocenters. The van der Waals surface area contributed by atoms with E-state index in [1.807, 2.05) is 4.72 Å². The summed E-state index contributed by atoms with van der Waals surface area (Å²) in [4.78, 5) is 15.3. The fourth-order valence-corrected chi connectivity index (χ4v) is 6.88. The average molecular weight is 587 g/mol. The number of nitrogens with zero attached hydrogens (tertiary/aromatic N) is 4. The third kappa shape index (κ3) is 5.35. The zero-order chi connectivity index (χ0) is 27.9. The van der Waals surface area contributed by atoms with Crippen molar-refractivity contribution in [2.75, 3.05) is 28.0 Å². The Morgan fingerprint density at radius 3 is 2.38 bits per heavy atom. The molecule has 2 aromatic carbocycles. The van der Waals surface area contributed by atoms with Crippen molar-refractivity contribution in [3.05, 3.63) is 66.1 Å². The number of anilines is 3. The SMILES string of the molecule is O=S(=O)(Nc1cccc(-c2nc(N3CCCCC3)sc2-c2ccnc(NC3CC3)n2)c1F)c1c(F)cccc1F.